The summed E-state index contributed by atoms with van der Waals surface area (Å²) >= 11 is 5.94. The molecule has 0 spiro atoms. The second kappa shape index (κ2) is 6.46. The van der Waals surface area contributed by atoms with Crippen LogP contribution in [-0.2, 0) is 11.0 Å². The summed E-state index contributed by atoms with van der Waals surface area (Å²) < 4.78 is 40.3. The standard InChI is InChI=1S/C16H16ClF3N4O2/c1-8-12(15(26)23-4-2-9(3-5-23)13(21)25)24-7-10(16(18,19)20)6-11(17)14(24)22-8/h6-7,9H,2-5H2,1H3,(H2,21,25). The third-order valence-corrected chi connectivity index (χ3v) is 4.84. The van der Waals surface area contributed by atoms with Crippen molar-refractivity contribution in [1.82, 2.24) is 14.3 Å². The Labute approximate surface area is 151 Å². The van der Waals surface area contributed by atoms with E-state index in [1.54, 1.807) is 6.92 Å². The van der Waals surface area contributed by atoms with E-state index in [-0.39, 0.29) is 28.0 Å². The van der Waals surface area contributed by atoms with Crippen LogP contribution in [0.2, 0.25) is 5.02 Å². The molecule has 2 amide bonds. The van der Waals surface area contributed by atoms with E-state index in [4.69, 9.17) is 17.3 Å². The number of primary amides is 1. The topological polar surface area (TPSA) is 80.7 Å². The highest BCUT2D eigenvalue weighted by Gasteiger charge is 2.34. The van der Waals surface area contributed by atoms with Crippen molar-refractivity contribution >= 4 is 29.1 Å². The summed E-state index contributed by atoms with van der Waals surface area (Å²) in [5, 5.41) is -0.186. The molecule has 26 heavy (non-hydrogen) atoms. The highest BCUT2D eigenvalue weighted by Crippen LogP contribution is 2.33. The first-order valence-corrected chi connectivity index (χ1v) is 8.31. The monoisotopic (exact) mass is 388 g/mol. The van der Waals surface area contributed by atoms with Gasteiger partial charge < -0.3 is 10.6 Å². The number of alkyl halides is 3. The lowest BCUT2D eigenvalue weighted by molar-refractivity contribution is -0.137. The summed E-state index contributed by atoms with van der Waals surface area (Å²) in [6, 6.07) is 0.788. The minimum Gasteiger partial charge on any atom is -0.369 e. The van der Waals surface area contributed by atoms with Gasteiger partial charge in [0.25, 0.3) is 5.91 Å². The molecule has 1 aliphatic rings. The van der Waals surface area contributed by atoms with Gasteiger partial charge in [-0.3, -0.25) is 14.0 Å². The summed E-state index contributed by atoms with van der Waals surface area (Å²) in [5.74, 6) is -1.16. The van der Waals surface area contributed by atoms with E-state index < -0.39 is 23.6 Å². The fourth-order valence-electron chi connectivity index (χ4n) is 3.15. The zero-order chi connectivity index (χ0) is 19.2. The normalized spacial score (nSPS) is 16.3. The molecule has 6 nitrogen and oxygen atoms in total. The molecular formula is C16H16ClF3N4O2. The molecule has 1 saturated heterocycles. The molecule has 0 radical (unpaired) electrons. The molecule has 0 atom stereocenters. The summed E-state index contributed by atoms with van der Waals surface area (Å²) in [5.41, 5.74) is 4.72. The summed E-state index contributed by atoms with van der Waals surface area (Å²) in [4.78, 5) is 29.7. The molecule has 1 fully saturated rings. The molecule has 0 aliphatic carbocycles. The van der Waals surface area contributed by atoms with Gasteiger partial charge in [-0.05, 0) is 25.8 Å². The van der Waals surface area contributed by atoms with Gasteiger partial charge in [-0.15, -0.1) is 0 Å². The average molecular weight is 389 g/mol. The average Bonchev–Trinajstić information content (AvgIpc) is 2.90. The number of aromatic nitrogens is 2. The van der Waals surface area contributed by atoms with Gasteiger partial charge in [0.1, 0.15) is 5.69 Å². The Morgan fingerprint density at radius 1 is 1.31 bits per heavy atom. The van der Waals surface area contributed by atoms with Gasteiger partial charge in [0.2, 0.25) is 5.91 Å². The highest BCUT2D eigenvalue weighted by atomic mass is 35.5. The Balaban J connectivity index is 1.99. The smallest absolute Gasteiger partial charge is 0.369 e. The van der Waals surface area contributed by atoms with E-state index in [0.29, 0.717) is 25.9 Å². The molecule has 0 unspecified atom stereocenters. The lowest BCUT2D eigenvalue weighted by Gasteiger charge is -2.30. The van der Waals surface area contributed by atoms with Crippen LogP contribution in [0.15, 0.2) is 12.3 Å². The summed E-state index contributed by atoms with van der Waals surface area (Å²) in [6.07, 6.45) is -2.93. The molecule has 10 heteroatoms. The highest BCUT2D eigenvalue weighted by molar-refractivity contribution is 6.33. The number of rotatable bonds is 2. The van der Waals surface area contributed by atoms with Gasteiger partial charge in [0.05, 0.1) is 16.3 Å². The molecule has 2 aromatic rings. The second-order valence-electron chi connectivity index (χ2n) is 6.28. The molecule has 2 aromatic heterocycles. The number of aryl methyl sites for hydroxylation is 1. The third-order valence-electron chi connectivity index (χ3n) is 4.56. The van der Waals surface area contributed by atoms with Gasteiger partial charge in [-0.25, -0.2) is 4.98 Å². The number of imidazole rings is 1. The maximum Gasteiger partial charge on any atom is 0.417 e. The fraction of sp³-hybridized carbons (Fsp3) is 0.438. The van der Waals surface area contributed by atoms with Crippen LogP contribution in [0.5, 0.6) is 0 Å². The predicted octanol–water partition coefficient (Wildman–Crippen LogP) is 2.65. The Kier molecular flexibility index (Phi) is 4.60. The second-order valence-corrected chi connectivity index (χ2v) is 6.69. The van der Waals surface area contributed by atoms with Crippen molar-refractivity contribution in [1.29, 1.82) is 0 Å². The largest absolute Gasteiger partial charge is 0.417 e. The number of amides is 2. The van der Waals surface area contributed by atoms with Crippen molar-refractivity contribution in [3.63, 3.8) is 0 Å². The van der Waals surface area contributed by atoms with E-state index in [9.17, 15) is 22.8 Å². The van der Waals surface area contributed by atoms with Crippen LogP contribution in [0.4, 0.5) is 13.2 Å². The molecule has 2 N–H and O–H groups in total. The molecule has 3 rings (SSSR count). The van der Waals surface area contributed by atoms with Crippen LogP contribution < -0.4 is 5.73 Å². The molecular weight excluding hydrogens is 373 g/mol. The Morgan fingerprint density at radius 2 is 1.92 bits per heavy atom. The van der Waals surface area contributed by atoms with E-state index in [1.165, 1.54) is 4.90 Å². The zero-order valence-corrected chi connectivity index (χ0v) is 14.6. The Hall–Kier alpha value is -2.29. The maximum atomic E-state index is 13.1. The summed E-state index contributed by atoms with van der Waals surface area (Å²) in [7, 11) is 0. The van der Waals surface area contributed by atoms with Crippen molar-refractivity contribution in [2.45, 2.75) is 25.9 Å². The van der Waals surface area contributed by atoms with E-state index >= 15 is 0 Å². The number of pyridine rings is 1. The number of halogens is 4. The molecule has 0 aromatic carbocycles. The van der Waals surface area contributed by atoms with Crippen LogP contribution in [0.3, 0.4) is 0 Å². The van der Waals surface area contributed by atoms with Gasteiger partial charge in [0, 0.05) is 25.2 Å². The number of hydrogen-bond acceptors (Lipinski definition) is 3. The van der Waals surface area contributed by atoms with E-state index in [2.05, 4.69) is 4.98 Å². The van der Waals surface area contributed by atoms with Crippen LogP contribution in [0.25, 0.3) is 5.65 Å². The number of carbonyl (C=O) groups is 2. The number of nitrogens with zero attached hydrogens (tertiary/aromatic N) is 3. The van der Waals surface area contributed by atoms with E-state index in [0.717, 1.165) is 16.7 Å². The van der Waals surface area contributed by atoms with Crippen molar-refractivity contribution < 1.29 is 22.8 Å². The lowest BCUT2D eigenvalue weighted by Crippen LogP contribution is -2.42. The molecule has 3 heterocycles. The van der Waals surface area contributed by atoms with Crippen molar-refractivity contribution in [3.8, 4) is 0 Å². The number of piperidine rings is 1. The number of nitrogens with two attached hydrogens (primary N) is 1. The maximum absolute atomic E-state index is 13.1. The quantitative estimate of drug-likeness (QED) is 0.858. The number of likely N-dealkylation sites (tertiary alicyclic amines) is 1. The van der Waals surface area contributed by atoms with Gasteiger partial charge in [-0.1, -0.05) is 11.6 Å². The van der Waals surface area contributed by atoms with Crippen LogP contribution in [-0.4, -0.2) is 39.2 Å². The summed E-state index contributed by atoms with van der Waals surface area (Å²) in [6.45, 7) is 2.14. The van der Waals surface area contributed by atoms with Crippen LogP contribution in [0.1, 0.15) is 34.6 Å². The van der Waals surface area contributed by atoms with Crippen molar-refractivity contribution in [2.24, 2.45) is 11.7 Å². The van der Waals surface area contributed by atoms with Gasteiger partial charge in [0.15, 0.2) is 5.65 Å². The predicted molar refractivity (Wildman–Crippen MR) is 87.8 cm³/mol. The van der Waals surface area contributed by atoms with Crippen LogP contribution in [0, 0.1) is 12.8 Å². The zero-order valence-electron chi connectivity index (χ0n) is 13.8. The lowest BCUT2D eigenvalue weighted by atomic mass is 9.96. The number of carbonyl (C=O) groups excluding carboxylic acids is 2. The van der Waals surface area contributed by atoms with Gasteiger partial charge >= 0.3 is 6.18 Å². The molecule has 0 bridgehead atoms. The number of hydrogen-bond donors (Lipinski definition) is 1. The van der Waals surface area contributed by atoms with Crippen molar-refractivity contribution in [3.05, 3.63) is 34.2 Å². The Morgan fingerprint density at radius 3 is 2.46 bits per heavy atom. The third kappa shape index (κ3) is 3.23. The van der Waals surface area contributed by atoms with Gasteiger partial charge in [-0.2, -0.15) is 13.2 Å². The molecule has 0 saturated carbocycles. The first-order valence-electron chi connectivity index (χ1n) is 7.93. The molecule has 140 valence electrons. The molecule has 1 aliphatic heterocycles. The van der Waals surface area contributed by atoms with E-state index in [1.807, 2.05) is 0 Å². The first kappa shape index (κ1) is 18.5. The Bertz CT molecular complexity index is 886. The minimum atomic E-state index is -4.60. The minimum absolute atomic E-state index is 0.0329. The van der Waals surface area contributed by atoms with Crippen LogP contribution >= 0.6 is 11.6 Å². The first-order chi connectivity index (χ1) is 12.1. The van der Waals surface area contributed by atoms with Crippen molar-refractivity contribution in [2.75, 3.05) is 13.1 Å². The number of fused-ring (bicyclic) bond motifs is 1. The SMILES string of the molecule is Cc1nc2c(Cl)cc(C(F)(F)F)cn2c1C(=O)N1CCC(C(N)=O)CC1. The fourth-order valence-corrected chi connectivity index (χ4v) is 3.40.